The van der Waals surface area contributed by atoms with Crippen LogP contribution in [0.3, 0.4) is 0 Å². The predicted molar refractivity (Wildman–Crippen MR) is 157 cm³/mol. The zero-order valence-electron chi connectivity index (χ0n) is 22.5. The van der Waals surface area contributed by atoms with Crippen molar-refractivity contribution in [3.8, 4) is 17.6 Å². The molecule has 40 heavy (non-hydrogen) atoms. The number of carbonyl (C=O) groups excluding carboxylic acids is 1. The number of rotatable bonds is 6. The number of methoxy groups -OCH3 is 1. The smallest absolute Gasteiger partial charge is 0.277 e. The number of fused-ring (bicyclic) bond motifs is 3. The molecule has 1 unspecified atom stereocenters. The molecule has 1 N–H and O–H groups in total. The summed E-state index contributed by atoms with van der Waals surface area (Å²) in [5.74, 6) is 8.23. The van der Waals surface area contributed by atoms with Gasteiger partial charge in [-0.05, 0) is 54.7 Å². The highest BCUT2D eigenvalue weighted by molar-refractivity contribution is 6.32. The van der Waals surface area contributed by atoms with Gasteiger partial charge >= 0.3 is 0 Å². The fourth-order valence-electron chi connectivity index (χ4n) is 5.48. The van der Waals surface area contributed by atoms with E-state index in [4.69, 9.17) is 21.3 Å². The van der Waals surface area contributed by atoms with E-state index in [1.54, 1.807) is 7.11 Å². The molecule has 1 amide bonds. The van der Waals surface area contributed by atoms with E-state index in [0.29, 0.717) is 41.2 Å². The van der Waals surface area contributed by atoms with Gasteiger partial charge in [0.15, 0.2) is 23.6 Å². The maximum absolute atomic E-state index is 14.0. The Balaban J connectivity index is 1.42. The molecule has 3 heterocycles. The lowest BCUT2D eigenvalue weighted by atomic mass is 10.1. The molecule has 2 aliphatic heterocycles. The molecule has 0 radical (unpaired) electrons. The second-order valence-electron chi connectivity index (χ2n) is 9.95. The number of aromatic nitrogens is 2. The Bertz CT molecular complexity index is 1590. The van der Waals surface area contributed by atoms with E-state index in [-0.39, 0.29) is 18.2 Å². The van der Waals surface area contributed by atoms with Gasteiger partial charge in [0.05, 0.1) is 18.7 Å². The summed E-state index contributed by atoms with van der Waals surface area (Å²) >= 11 is 6.45. The quantitative estimate of drug-likeness (QED) is 0.350. The molecule has 4 aromatic rings. The summed E-state index contributed by atoms with van der Waals surface area (Å²) in [7, 11) is 1.59. The SMILES string of the molecule is CCN1C(=O)c2c(nc(C#Cc3ccccc3)n2Cc2ccc(OC)c(Cl)c2)N2C[C@@H](Cc3ccccc3)NC12. The van der Waals surface area contributed by atoms with Gasteiger partial charge in [-0.2, -0.15) is 0 Å². The first-order valence-electron chi connectivity index (χ1n) is 13.4. The van der Waals surface area contributed by atoms with Crippen LogP contribution in [0.1, 0.15) is 39.9 Å². The van der Waals surface area contributed by atoms with E-state index < -0.39 is 0 Å². The van der Waals surface area contributed by atoms with Gasteiger partial charge in [-0.25, -0.2) is 4.98 Å². The average Bonchev–Trinajstić information content (AvgIpc) is 3.55. The van der Waals surface area contributed by atoms with Gasteiger partial charge in [0, 0.05) is 24.7 Å². The van der Waals surface area contributed by atoms with Crippen LogP contribution in [0.15, 0.2) is 78.9 Å². The maximum Gasteiger partial charge on any atom is 0.277 e. The molecule has 1 fully saturated rings. The largest absolute Gasteiger partial charge is 0.495 e. The number of ether oxygens (including phenoxy) is 1. The fraction of sp³-hybridized carbons (Fsp3) is 0.250. The second kappa shape index (κ2) is 11.1. The summed E-state index contributed by atoms with van der Waals surface area (Å²) in [5.41, 5.74) is 3.61. The number of amides is 1. The van der Waals surface area contributed by atoms with E-state index in [2.05, 4.69) is 46.3 Å². The molecule has 7 nitrogen and oxygen atoms in total. The zero-order chi connectivity index (χ0) is 27.6. The topological polar surface area (TPSA) is 62.6 Å². The summed E-state index contributed by atoms with van der Waals surface area (Å²) in [6.45, 7) is 3.70. The van der Waals surface area contributed by atoms with Gasteiger partial charge in [-0.15, -0.1) is 0 Å². The van der Waals surface area contributed by atoms with Gasteiger partial charge in [-0.1, -0.05) is 72.1 Å². The molecular formula is C32H30ClN5O2. The minimum absolute atomic E-state index is 0.0634. The third-order valence-corrected chi connectivity index (χ3v) is 7.69. The molecule has 2 aliphatic rings. The Labute approximate surface area is 239 Å². The first-order valence-corrected chi connectivity index (χ1v) is 13.8. The Hall–Kier alpha value is -4.25. The Morgan fingerprint density at radius 1 is 1.02 bits per heavy atom. The summed E-state index contributed by atoms with van der Waals surface area (Å²) < 4.78 is 7.26. The van der Waals surface area contributed by atoms with Crippen LogP contribution in [0.2, 0.25) is 5.02 Å². The van der Waals surface area contributed by atoms with Crippen molar-refractivity contribution < 1.29 is 9.53 Å². The zero-order valence-corrected chi connectivity index (χ0v) is 23.2. The van der Waals surface area contributed by atoms with Gasteiger partial charge in [-0.3, -0.25) is 10.1 Å². The first kappa shape index (κ1) is 26.0. The minimum atomic E-state index is -0.257. The van der Waals surface area contributed by atoms with Gasteiger partial charge in [0.1, 0.15) is 5.75 Å². The Kier molecular flexibility index (Phi) is 7.21. The predicted octanol–water partition coefficient (Wildman–Crippen LogP) is 4.77. The standard InChI is InChI=1S/C32H30ClN5O2/c1-3-36-31(39)29-30(38-21-25(34-32(36)38)18-23-12-8-5-9-13-23)35-28(17-15-22-10-6-4-7-11-22)37(29)20-24-14-16-27(40-2)26(33)19-24/h4-14,16,19,25,32,34H,3,18,20-21H2,1-2H3/t25-,32?/m1/s1. The van der Waals surface area contributed by atoms with E-state index in [1.807, 2.05) is 71.0 Å². The molecule has 8 heteroatoms. The highest BCUT2D eigenvalue weighted by atomic mass is 35.5. The molecule has 0 saturated carbocycles. The van der Waals surface area contributed by atoms with Crippen molar-refractivity contribution in [1.82, 2.24) is 19.8 Å². The van der Waals surface area contributed by atoms with Crippen LogP contribution in [0.5, 0.6) is 5.75 Å². The maximum atomic E-state index is 14.0. The highest BCUT2D eigenvalue weighted by Crippen LogP contribution is 2.35. The van der Waals surface area contributed by atoms with Crippen molar-refractivity contribution in [3.05, 3.63) is 112 Å². The van der Waals surface area contributed by atoms with Gasteiger partial charge in [0.2, 0.25) is 0 Å². The lowest BCUT2D eigenvalue weighted by molar-refractivity contribution is 0.0639. The molecule has 1 saturated heterocycles. The molecule has 0 spiro atoms. The van der Waals surface area contributed by atoms with Crippen molar-refractivity contribution in [3.63, 3.8) is 0 Å². The Morgan fingerprint density at radius 2 is 1.77 bits per heavy atom. The normalized spacial score (nSPS) is 17.7. The number of benzene rings is 3. The molecule has 2 atom stereocenters. The summed E-state index contributed by atoms with van der Waals surface area (Å²) in [6, 6.07) is 26.0. The highest BCUT2D eigenvalue weighted by Gasteiger charge is 2.46. The van der Waals surface area contributed by atoms with Crippen LogP contribution < -0.4 is 15.0 Å². The van der Waals surface area contributed by atoms with Crippen LogP contribution in [-0.2, 0) is 13.0 Å². The average molecular weight is 552 g/mol. The van der Waals surface area contributed by atoms with Crippen molar-refractivity contribution >= 4 is 23.3 Å². The van der Waals surface area contributed by atoms with E-state index in [1.165, 1.54) is 5.56 Å². The van der Waals surface area contributed by atoms with Crippen LogP contribution in [-0.4, -0.2) is 52.9 Å². The monoisotopic (exact) mass is 551 g/mol. The number of nitrogens with zero attached hydrogens (tertiary/aromatic N) is 4. The molecule has 3 aromatic carbocycles. The summed E-state index contributed by atoms with van der Waals surface area (Å²) in [6.07, 6.45) is 0.605. The minimum Gasteiger partial charge on any atom is -0.495 e. The molecule has 0 aliphatic carbocycles. The van der Waals surface area contributed by atoms with Crippen molar-refractivity contribution in [2.75, 3.05) is 25.1 Å². The van der Waals surface area contributed by atoms with Crippen LogP contribution in [0.25, 0.3) is 0 Å². The summed E-state index contributed by atoms with van der Waals surface area (Å²) in [4.78, 5) is 23.1. The van der Waals surface area contributed by atoms with Crippen LogP contribution >= 0.6 is 11.6 Å². The number of anilines is 1. The lowest BCUT2D eigenvalue weighted by Gasteiger charge is -2.38. The lowest BCUT2D eigenvalue weighted by Crippen LogP contribution is -2.57. The molecular weight excluding hydrogens is 522 g/mol. The Morgan fingerprint density at radius 3 is 2.48 bits per heavy atom. The number of imidazole rings is 1. The number of halogens is 1. The van der Waals surface area contributed by atoms with Crippen molar-refractivity contribution in [2.45, 2.75) is 32.2 Å². The number of hydrogen-bond donors (Lipinski definition) is 1. The first-order chi connectivity index (χ1) is 19.6. The number of carbonyl (C=O) groups is 1. The van der Waals surface area contributed by atoms with E-state index in [0.717, 1.165) is 24.1 Å². The van der Waals surface area contributed by atoms with Crippen LogP contribution in [0, 0.1) is 11.8 Å². The van der Waals surface area contributed by atoms with Gasteiger partial charge in [0.25, 0.3) is 5.91 Å². The molecule has 6 rings (SSSR count). The molecule has 0 bridgehead atoms. The van der Waals surface area contributed by atoms with Crippen molar-refractivity contribution in [1.29, 1.82) is 0 Å². The summed E-state index contributed by atoms with van der Waals surface area (Å²) in [5, 5.41) is 4.20. The van der Waals surface area contributed by atoms with Gasteiger partial charge < -0.3 is 19.1 Å². The molecule has 202 valence electrons. The molecule has 1 aromatic heterocycles. The fourth-order valence-corrected chi connectivity index (χ4v) is 5.76. The van der Waals surface area contributed by atoms with Crippen LogP contribution in [0.4, 0.5) is 5.82 Å². The number of nitrogens with one attached hydrogen (secondary N) is 1. The van der Waals surface area contributed by atoms with Crippen molar-refractivity contribution in [2.24, 2.45) is 0 Å². The number of hydrogen-bond acceptors (Lipinski definition) is 5. The third-order valence-electron chi connectivity index (χ3n) is 7.39. The van der Waals surface area contributed by atoms with E-state index >= 15 is 0 Å². The third kappa shape index (κ3) is 4.92. The second-order valence-corrected chi connectivity index (χ2v) is 10.4. The van der Waals surface area contributed by atoms with E-state index in [9.17, 15) is 4.79 Å².